The third-order valence-electron chi connectivity index (χ3n) is 4.64. The molecule has 2 aromatic rings. The Hall–Kier alpha value is -2.34. The van der Waals surface area contributed by atoms with Gasteiger partial charge in [-0.2, -0.15) is 0 Å². The predicted octanol–water partition coefficient (Wildman–Crippen LogP) is 2.11. The van der Waals surface area contributed by atoms with Gasteiger partial charge in [0.15, 0.2) is 0 Å². The second-order valence-electron chi connectivity index (χ2n) is 6.40. The van der Waals surface area contributed by atoms with Crippen molar-refractivity contribution in [2.24, 2.45) is 5.41 Å². The van der Waals surface area contributed by atoms with Crippen molar-refractivity contribution in [2.75, 3.05) is 36.9 Å². The van der Waals surface area contributed by atoms with Crippen LogP contribution in [0.2, 0.25) is 0 Å². The van der Waals surface area contributed by atoms with E-state index in [1.165, 1.54) is 6.33 Å². The predicted molar refractivity (Wildman–Crippen MR) is 94.0 cm³/mol. The molecule has 1 saturated heterocycles. The lowest BCUT2D eigenvalue weighted by Crippen LogP contribution is -2.46. The number of rotatable bonds is 6. The molecule has 0 aliphatic carbocycles. The minimum Gasteiger partial charge on any atom is -0.494 e. The summed E-state index contributed by atoms with van der Waals surface area (Å²) in [4.78, 5) is 10.4. The molecule has 0 saturated carbocycles. The summed E-state index contributed by atoms with van der Waals surface area (Å²) in [5, 5.41) is 10.0. The maximum atomic E-state index is 10.0. The Kier molecular flexibility index (Phi) is 5.15. The maximum Gasteiger partial charge on any atom is 0.134 e. The van der Waals surface area contributed by atoms with Crippen LogP contribution in [0, 0.1) is 5.41 Å². The standard InChI is InChI=1S/C18H24N4O2/c19-16-11-17(21-14-20-16)22-9-4-7-18(12-22,13-23)8-10-24-15-5-2-1-3-6-15/h1-3,5-6,11,14,23H,4,7-10,12-13H2,(H2,19,20,21). The minimum absolute atomic E-state index is 0.141. The Morgan fingerprint density at radius 1 is 1.25 bits per heavy atom. The monoisotopic (exact) mass is 328 g/mol. The van der Waals surface area contributed by atoms with Gasteiger partial charge < -0.3 is 20.5 Å². The highest BCUT2D eigenvalue weighted by molar-refractivity contribution is 5.46. The van der Waals surface area contributed by atoms with Gasteiger partial charge in [0.25, 0.3) is 0 Å². The number of ether oxygens (including phenoxy) is 1. The van der Waals surface area contributed by atoms with Gasteiger partial charge >= 0.3 is 0 Å². The second-order valence-corrected chi connectivity index (χ2v) is 6.40. The fourth-order valence-electron chi connectivity index (χ4n) is 3.25. The van der Waals surface area contributed by atoms with Crippen molar-refractivity contribution in [1.29, 1.82) is 0 Å². The summed E-state index contributed by atoms with van der Waals surface area (Å²) in [5.41, 5.74) is 5.59. The van der Waals surface area contributed by atoms with Crippen molar-refractivity contribution in [3.63, 3.8) is 0 Å². The molecule has 24 heavy (non-hydrogen) atoms. The Bertz CT molecular complexity index is 652. The lowest BCUT2D eigenvalue weighted by molar-refractivity contribution is 0.0792. The van der Waals surface area contributed by atoms with Crippen LogP contribution < -0.4 is 15.4 Å². The molecule has 1 fully saturated rings. The van der Waals surface area contributed by atoms with Crippen LogP contribution in [0.25, 0.3) is 0 Å². The molecule has 1 aromatic heterocycles. The van der Waals surface area contributed by atoms with Crippen LogP contribution >= 0.6 is 0 Å². The molecule has 3 rings (SSSR count). The quantitative estimate of drug-likeness (QED) is 0.845. The fourth-order valence-corrected chi connectivity index (χ4v) is 3.25. The molecule has 128 valence electrons. The normalized spacial score (nSPS) is 20.8. The van der Waals surface area contributed by atoms with Crippen molar-refractivity contribution in [2.45, 2.75) is 19.3 Å². The smallest absolute Gasteiger partial charge is 0.134 e. The fraction of sp³-hybridized carbons (Fsp3) is 0.444. The SMILES string of the molecule is Nc1cc(N2CCCC(CO)(CCOc3ccccc3)C2)ncn1. The summed E-state index contributed by atoms with van der Waals surface area (Å²) in [6, 6.07) is 11.6. The number of benzene rings is 1. The molecule has 3 N–H and O–H groups in total. The number of para-hydroxylation sites is 1. The van der Waals surface area contributed by atoms with Gasteiger partial charge in [0.1, 0.15) is 23.7 Å². The molecule has 6 nitrogen and oxygen atoms in total. The van der Waals surface area contributed by atoms with E-state index in [2.05, 4.69) is 14.9 Å². The van der Waals surface area contributed by atoms with Gasteiger partial charge in [-0.05, 0) is 31.4 Å². The number of aromatic nitrogens is 2. The van der Waals surface area contributed by atoms with E-state index in [1.807, 2.05) is 30.3 Å². The molecule has 1 unspecified atom stereocenters. The molecule has 6 heteroatoms. The molecule has 0 spiro atoms. The topological polar surface area (TPSA) is 84.5 Å². The van der Waals surface area contributed by atoms with Gasteiger partial charge in [0.2, 0.25) is 0 Å². The lowest BCUT2D eigenvalue weighted by atomic mass is 9.78. The first kappa shape index (κ1) is 16.5. The summed E-state index contributed by atoms with van der Waals surface area (Å²) in [6.07, 6.45) is 4.28. The van der Waals surface area contributed by atoms with E-state index in [-0.39, 0.29) is 12.0 Å². The number of piperidine rings is 1. The zero-order valence-corrected chi connectivity index (χ0v) is 13.8. The third-order valence-corrected chi connectivity index (χ3v) is 4.64. The van der Waals surface area contributed by atoms with E-state index >= 15 is 0 Å². The number of nitrogens with zero attached hydrogens (tertiary/aromatic N) is 3. The Labute approximate surface area is 142 Å². The van der Waals surface area contributed by atoms with Crippen LogP contribution in [0.1, 0.15) is 19.3 Å². The molecule has 1 atom stereocenters. The van der Waals surface area contributed by atoms with Crippen molar-refractivity contribution in [3.05, 3.63) is 42.7 Å². The van der Waals surface area contributed by atoms with Crippen molar-refractivity contribution in [3.8, 4) is 5.75 Å². The van der Waals surface area contributed by atoms with E-state index < -0.39 is 0 Å². The first-order valence-electron chi connectivity index (χ1n) is 8.32. The molecular formula is C18H24N4O2. The maximum absolute atomic E-state index is 10.0. The van der Waals surface area contributed by atoms with Gasteiger partial charge in [-0.3, -0.25) is 0 Å². The van der Waals surface area contributed by atoms with Crippen LogP contribution in [0.4, 0.5) is 11.6 Å². The molecule has 1 aromatic carbocycles. The molecule has 0 bridgehead atoms. The highest BCUT2D eigenvalue weighted by Gasteiger charge is 2.35. The number of aliphatic hydroxyl groups is 1. The van der Waals surface area contributed by atoms with E-state index in [4.69, 9.17) is 10.5 Å². The van der Waals surface area contributed by atoms with Crippen LogP contribution in [0.5, 0.6) is 5.75 Å². The number of nitrogens with two attached hydrogens (primary N) is 1. The van der Waals surface area contributed by atoms with Crippen molar-refractivity contribution < 1.29 is 9.84 Å². The molecule has 0 radical (unpaired) electrons. The number of hydrogen-bond donors (Lipinski definition) is 2. The first-order chi connectivity index (χ1) is 11.7. The zero-order chi connectivity index (χ0) is 16.8. The summed E-state index contributed by atoms with van der Waals surface area (Å²) < 4.78 is 5.82. The number of aliphatic hydroxyl groups excluding tert-OH is 1. The van der Waals surface area contributed by atoms with Crippen molar-refractivity contribution >= 4 is 11.6 Å². The first-order valence-corrected chi connectivity index (χ1v) is 8.32. The number of nitrogen functional groups attached to an aromatic ring is 1. The average Bonchev–Trinajstić information content (AvgIpc) is 2.63. The third kappa shape index (κ3) is 3.94. The van der Waals surface area contributed by atoms with Gasteiger partial charge in [-0.25, -0.2) is 9.97 Å². The van der Waals surface area contributed by atoms with Gasteiger partial charge in [0.05, 0.1) is 13.2 Å². The average molecular weight is 328 g/mol. The number of anilines is 2. The van der Waals surface area contributed by atoms with Crippen LogP contribution in [-0.4, -0.2) is 41.4 Å². The van der Waals surface area contributed by atoms with E-state index in [0.717, 1.165) is 43.9 Å². The highest BCUT2D eigenvalue weighted by Crippen LogP contribution is 2.35. The second kappa shape index (κ2) is 7.49. The van der Waals surface area contributed by atoms with E-state index in [9.17, 15) is 5.11 Å². The summed E-state index contributed by atoms with van der Waals surface area (Å²) >= 11 is 0. The Morgan fingerprint density at radius 3 is 2.83 bits per heavy atom. The lowest BCUT2D eigenvalue weighted by Gasteiger charge is -2.42. The molecular weight excluding hydrogens is 304 g/mol. The van der Waals surface area contributed by atoms with Crippen LogP contribution in [0.3, 0.4) is 0 Å². The Balaban J connectivity index is 1.63. The Morgan fingerprint density at radius 2 is 2.08 bits per heavy atom. The summed E-state index contributed by atoms with van der Waals surface area (Å²) in [7, 11) is 0. The van der Waals surface area contributed by atoms with Crippen molar-refractivity contribution in [1.82, 2.24) is 9.97 Å². The van der Waals surface area contributed by atoms with Crippen LogP contribution in [-0.2, 0) is 0 Å². The zero-order valence-electron chi connectivity index (χ0n) is 13.8. The van der Waals surface area contributed by atoms with E-state index in [1.54, 1.807) is 6.07 Å². The van der Waals surface area contributed by atoms with Crippen LogP contribution in [0.15, 0.2) is 42.7 Å². The van der Waals surface area contributed by atoms with Gasteiger partial charge in [0, 0.05) is 24.6 Å². The molecule has 1 aliphatic heterocycles. The molecule has 0 amide bonds. The number of hydrogen-bond acceptors (Lipinski definition) is 6. The van der Waals surface area contributed by atoms with Gasteiger partial charge in [-0.1, -0.05) is 18.2 Å². The largest absolute Gasteiger partial charge is 0.494 e. The van der Waals surface area contributed by atoms with E-state index in [0.29, 0.717) is 12.4 Å². The highest BCUT2D eigenvalue weighted by atomic mass is 16.5. The van der Waals surface area contributed by atoms with Gasteiger partial charge in [-0.15, -0.1) is 0 Å². The molecule has 2 heterocycles. The minimum atomic E-state index is -0.174. The molecule has 1 aliphatic rings. The summed E-state index contributed by atoms with van der Waals surface area (Å²) in [6.45, 7) is 2.39. The summed E-state index contributed by atoms with van der Waals surface area (Å²) in [5.74, 6) is 2.15.